The van der Waals surface area contributed by atoms with Crippen molar-refractivity contribution >= 4 is 5.69 Å². The molecule has 2 aromatic heterocycles. The van der Waals surface area contributed by atoms with Crippen LogP contribution in [0.1, 0.15) is 11.5 Å². The second kappa shape index (κ2) is 4.77. The summed E-state index contributed by atoms with van der Waals surface area (Å²) >= 11 is 0. The van der Waals surface area contributed by atoms with Crippen molar-refractivity contribution in [2.24, 2.45) is 0 Å². The summed E-state index contributed by atoms with van der Waals surface area (Å²) in [4.78, 5) is 13.2. The first kappa shape index (κ1) is 12.3. The molecule has 0 spiro atoms. The standard InChI is InChI=1S/C15H15N5/c1-10-9-14(19-11(2)18-10)20-8-7-17-15(20)12-3-5-13(16)6-4-12/h3-9H,16H2,1-2H3. The van der Waals surface area contributed by atoms with E-state index in [1.807, 2.05) is 54.9 Å². The van der Waals surface area contributed by atoms with Crippen LogP contribution in [0.25, 0.3) is 17.2 Å². The zero-order chi connectivity index (χ0) is 14.1. The molecule has 20 heavy (non-hydrogen) atoms. The summed E-state index contributed by atoms with van der Waals surface area (Å²) in [6.07, 6.45) is 3.66. The van der Waals surface area contributed by atoms with E-state index in [0.29, 0.717) is 0 Å². The van der Waals surface area contributed by atoms with Gasteiger partial charge in [0.15, 0.2) is 0 Å². The lowest BCUT2D eigenvalue weighted by molar-refractivity contribution is 0.924. The fourth-order valence-electron chi connectivity index (χ4n) is 2.15. The lowest BCUT2D eigenvalue weighted by atomic mass is 10.2. The number of rotatable bonds is 2. The Bertz CT molecular complexity index is 723. The van der Waals surface area contributed by atoms with Crippen molar-refractivity contribution in [3.63, 3.8) is 0 Å². The van der Waals surface area contributed by atoms with Gasteiger partial charge in [-0.05, 0) is 38.1 Å². The second-order valence-corrected chi connectivity index (χ2v) is 4.66. The first-order valence-electron chi connectivity index (χ1n) is 6.35. The van der Waals surface area contributed by atoms with Crippen molar-refractivity contribution in [2.45, 2.75) is 13.8 Å². The molecule has 0 radical (unpaired) electrons. The Balaban J connectivity index is 2.12. The van der Waals surface area contributed by atoms with Crippen LogP contribution in [0, 0.1) is 13.8 Å². The molecular weight excluding hydrogens is 250 g/mol. The van der Waals surface area contributed by atoms with Gasteiger partial charge in [-0.15, -0.1) is 0 Å². The number of benzene rings is 1. The molecule has 0 fully saturated rings. The molecule has 5 heteroatoms. The average Bonchev–Trinajstić information content (AvgIpc) is 2.87. The number of anilines is 1. The number of imidazole rings is 1. The predicted octanol–water partition coefficient (Wildman–Crippen LogP) is 2.53. The Labute approximate surface area is 117 Å². The van der Waals surface area contributed by atoms with Gasteiger partial charge < -0.3 is 5.73 Å². The minimum atomic E-state index is 0.737. The van der Waals surface area contributed by atoms with Gasteiger partial charge in [-0.1, -0.05) is 0 Å². The van der Waals surface area contributed by atoms with Crippen molar-refractivity contribution in [1.82, 2.24) is 19.5 Å². The summed E-state index contributed by atoms with van der Waals surface area (Å²) in [7, 11) is 0. The highest BCUT2D eigenvalue weighted by Crippen LogP contribution is 2.21. The van der Waals surface area contributed by atoms with Gasteiger partial charge in [0.05, 0.1) is 0 Å². The fourth-order valence-corrected chi connectivity index (χ4v) is 2.15. The van der Waals surface area contributed by atoms with E-state index in [2.05, 4.69) is 15.0 Å². The number of hydrogen-bond donors (Lipinski definition) is 1. The lowest BCUT2D eigenvalue weighted by Gasteiger charge is -2.08. The van der Waals surface area contributed by atoms with Crippen molar-refractivity contribution in [1.29, 1.82) is 0 Å². The molecule has 0 unspecified atom stereocenters. The van der Waals surface area contributed by atoms with Gasteiger partial charge in [0.1, 0.15) is 17.5 Å². The number of aromatic nitrogens is 4. The van der Waals surface area contributed by atoms with Gasteiger partial charge in [0.2, 0.25) is 0 Å². The van der Waals surface area contributed by atoms with Gasteiger partial charge in [0, 0.05) is 35.4 Å². The van der Waals surface area contributed by atoms with Gasteiger partial charge in [-0.25, -0.2) is 15.0 Å². The van der Waals surface area contributed by atoms with Gasteiger partial charge in [0.25, 0.3) is 0 Å². The fraction of sp³-hybridized carbons (Fsp3) is 0.133. The molecule has 0 saturated carbocycles. The van der Waals surface area contributed by atoms with E-state index in [4.69, 9.17) is 5.73 Å². The summed E-state index contributed by atoms with van der Waals surface area (Å²) in [6, 6.07) is 9.58. The Morgan fingerprint density at radius 3 is 2.50 bits per heavy atom. The summed E-state index contributed by atoms with van der Waals surface area (Å²) in [5, 5.41) is 0. The molecule has 0 aliphatic carbocycles. The third-order valence-electron chi connectivity index (χ3n) is 3.01. The van der Waals surface area contributed by atoms with Crippen LogP contribution < -0.4 is 5.73 Å². The van der Waals surface area contributed by atoms with Crippen LogP contribution in [0.5, 0.6) is 0 Å². The van der Waals surface area contributed by atoms with Crippen molar-refractivity contribution in [3.8, 4) is 17.2 Å². The molecule has 0 bridgehead atoms. The molecule has 3 rings (SSSR count). The molecule has 2 N–H and O–H groups in total. The van der Waals surface area contributed by atoms with Crippen molar-refractivity contribution in [2.75, 3.05) is 5.73 Å². The highest BCUT2D eigenvalue weighted by atomic mass is 15.1. The Morgan fingerprint density at radius 1 is 1.05 bits per heavy atom. The second-order valence-electron chi connectivity index (χ2n) is 4.66. The molecule has 0 aliphatic rings. The minimum Gasteiger partial charge on any atom is -0.399 e. The van der Waals surface area contributed by atoms with E-state index < -0.39 is 0 Å². The summed E-state index contributed by atoms with van der Waals surface area (Å²) in [5.74, 6) is 2.40. The maximum absolute atomic E-state index is 5.72. The first-order valence-corrected chi connectivity index (χ1v) is 6.35. The Hall–Kier alpha value is -2.69. The maximum Gasteiger partial charge on any atom is 0.145 e. The summed E-state index contributed by atoms with van der Waals surface area (Å²) in [6.45, 7) is 3.84. The molecule has 3 aromatic rings. The van der Waals surface area contributed by atoms with Crippen molar-refractivity contribution < 1.29 is 0 Å². The normalized spacial score (nSPS) is 10.7. The van der Waals surface area contributed by atoms with Crippen LogP contribution in [0.15, 0.2) is 42.7 Å². The monoisotopic (exact) mass is 265 g/mol. The smallest absolute Gasteiger partial charge is 0.145 e. The van der Waals surface area contributed by atoms with Crippen LogP contribution in [-0.2, 0) is 0 Å². The highest BCUT2D eigenvalue weighted by Gasteiger charge is 2.09. The third-order valence-corrected chi connectivity index (χ3v) is 3.01. The summed E-state index contributed by atoms with van der Waals surface area (Å²) < 4.78 is 1.95. The van der Waals surface area contributed by atoms with Crippen molar-refractivity contribution in [3.05, 3.63) is 54.2 Å². The topological polar surface area (TPSA) is 69.6 Å². The van der Waals surface area contributed by atoms with Crippen LogP contribution >= 0.6 is 0 Å². The quantitative estimate of drug-likeness (QED) is 0.723. The van der Waals surface area contributed by atoms with E-state index >= 15 is 0 Å². The number of hydrogen-bond acceptors (Lipinski definition) is 4. The number of nitrogen functional groups attached to an aromatic ring is 1. The minimum absolute atomic E-state index is 0.737. The zero-order valence-corrected chi connectivity index (χ0v) is 11.4. The molecule has 0 amide bonds. The number of nitrogens with zero attached hydrogens (tertiary/aromatic N) is 4. The van der Waals surface area contributed by atoms with Crippen LogP contribution in [0.4, 0.5) is 5.69 Å². The molecule has 0 saturated heterocycles. The maximum atomic E-state index is 5.72. The van der Waals surface area contributed by atoms with Crippen LogP contribution in [0.3, 0.4) is 0 Å². The van der Waals surface area contributed by atoms with Gasteiger partial charge in [-0.2, -0.15) is 0 Å². The first-order chi connectivity index (χ1) is 9.63. The van der Waals surface area contributed by atoms with Gasteiger partial charge in [-0.3, -0.25) is 4.57 Å². The van der Waals surface area contributed by atoms with Crippen LogP contribution in [-0.4, -0.2) is 19.5 Å². The van der Waals surface area contributed by atoms with E-state index in [9.17, 15) is 0 Å². The largest absolute Gasteiger partial charge is 0.399 e. The Morgan fingerprint density at radius 2 is 1.80 bits per heavy atom. The van der Waals surface area contributed by atoms with Gasteiger partial charge >= 0.3 is 0 Å². The zero-order valence-electron chi connectivity index (χ0n) is 11.4. The molecule has 0 aliphatic heterocycles. The SMILES string of the molecule is Cc1cc(-n2ccnc2-c2ccc(N)cc2)nc(C)n1. The molecule has 2 heterocycles. The highest BCUT2D eigenvalue weighted by molar-refractivity contribution is 5.60. The van der Waals surface area contributed by atoms with E-state index in [0.717, 1.165) is 34.4 Å². The van der Waals surface area contributed by atoms with E-state index in [1.165, 1.54) is 0 Å². The molecule has 100 valence electrons. The number of aryl methyl sites for hydroxylation is 2. The molecule has 0 atom stereocenters. The van der Waals surface area contributed by atoms with E-state index in [1.54, 1.807) is 6.20 Å². The summed E-state index contributed by atoms with van der Waals surface area (Å²) in [5.41, 5.74) is 8.39. The van der Waals surface area contributed by atoms with Crippen LogP contribution in [0.2, 0.25) is 0 Å². The molecule has 1 aromatic carbocycles. The average molecular weight is 265 g/mol. The number of nitrogens with two attached hydrogens (primary N) is 1. The molecule has 5 nitrogen and oxygen atoms in total. The lowest BCUT2D eigenvalue weighted by Crippen LogP contribution is -2.03. The Kier molecular flexibility index (Phi) is 2.95. The molecular formula is C15H15N5. The third kappa shape index (κ3) is 2.25. The van der Waals surface area contributed by atoms with E-state index in [-0.39, 0.29) is 0 Å². The predicted molar refractivity (Wildman–Crippen MR) is 78.5 cm³/mol.